The molecule has 2 rings (SSSR count). The summed E-state index contributed by atoms with van der Waals surface area (Å²) in [7, 11) is -2.98. The highest BCUT2D eigenvalue weighted by molar-refractivity contribution is 7.91. The summed E-state index contributed by atoms with van der Waals surface area (Å²) in [5.74, 6) is 0. The average Bonchev–Trinajstić information content (AvgIpc) is 2.42. The minimum atomic E-state index is -2.98. The van der Waals surface area contributed by atoms with Crippen LogP contribution in [0, 0.1) is 17.0 Å². The fourth-order valence-electron chi connectivity index (χ4n) is 2.85. The van der Waals surface area contributed by atoms with Gasteiger partial charge in [-0.1, -0.05) is 11.6 Å². The van der Waals surface area contributed by atoms with Crippen LogP contribution in [0.4, 0.5) is 11.4 Å². The van der Waals surface area contributed by atoms with Crippen molar-refractivity contribution in [2.45, 2.75) is 43.9 Å². The molecule has 6 nitrogen and oxygen atoms in total. The molecule has 0 bridgehead atoms. The Hall–Kier alpha value is -1.34. The summed E-state index contributed by atoms with van der Waals surface area (Å²) in [6.45, 7) is 1.77. The van der Waals surface area contributed by atoms with Gasteiger partial charge in [0.2, 0.25) is 0 Å². The number of hydrogen-bond donors (Lipinski definition) is 1. The molecule has 1 N–H and O–H groups in total. The first kappa shape index (κ1) is 17.0. The molecular weight excluding hydrogens is 328 g/mol. The third-order valence-electron chi connectivity index (χ3n) is 4.11. The molecular formula is C14H19ClN2O4S. The van der Waals surface area contributed by atoms with Crippen LogP contribution in [0.15, 0.2) is 12.1 Å². The minimum absolute atomic E-state index is 0.0335. The Morgan fingerprint density at radius 1 is 1.27 bits per heavy atom. The normalized spacial score (nSPS) is 22.3. The fourth-order valence-corrected chi connectivity index (χ4v) is 4.30. The van der Waals surface area contributed by atoms with Crippen molar-refractivity contribution in [1.82, 2.24) is 0 Å². The molecule has 122 valence electrons. The lowest BCUT2D eigenvalue weighted by Gasteiger charge is -2.29. The van der Waals surface area contributed by atoms with Crippen LogP contribution in [0.5, 0.6) is 0 Å². The van der Waals surface area contributed by atoms with Gasteiger partial charge in [-0.15, -0.1) is 0 Å². The Labute approximate surface area is 134 Å². The van der Waals surface area contributed by atoms with Gasteiger partial charge in [-0.05, 0) is 38.2 Å². The molecule has 1 aromatic carbocycles. The number of nitro benzene ring substituents is 1. The van der Waals surface area contributed by atoms with Crippen molar-refractivity contribution in [3.63, 3.8) is 0 Å². The van der Waals surface area contributed by atoms with E-state index in [4.69, 9.17) is 11.6 Å². The summed E-state index contributed by atoms with van der Waals surface area (Å²) in [5, 5.41) is 14.2. The van der Waals surface area contributed by atoms with Gasteiger partial charge in [0.05, 0.1) is 20.9 Å². The monoisotopic (exact) mass is 346 g/mol. The summed E-state index contributed by atoms with van der Waals surface area (Å²) in [6.07, 6.45) is 4.01. The number of nitro groups is 1. The van der Waals surface area contributed by atoms with E-state index in [-0.39, 0.29) is 17.0 Å². The summed E-state index contributed by atoms with van der Waals surface area (Å²) >= 11 is 6.14. The van der Waals surface area contributed by atoms with Crippen LogP contribution in [0.1, 0.15) is 31.2 Å². The smallest absolute Gasteiger partial charge is 0.271 e. The molecule has 0 radical (unpaired) electrons. The maximum absolute atomic E-state index is 11.6. The number of rotatable bonds is 4. The summed E-state index contributed by atoms with van der Waals surface area (Å²) in [4.78, 5) is 10.3. The summed E-state index contributed by atoms with van der Waals surface area (Å²) in [6, 6.07) is 2.95. The zero-order valence-electron chi connectivity index (χ0n) is 12.5. The number of anilines is 1. The standard InChI is InChI=1S/C14H19ClN2O4S/c1-9-7-11(17(18)19)8-13(15)14(9)16-10-3-5-12(6-4-10)22(2,20)21/h7-8,10,12,16H,3-6H2,1-2H3. The average molecular weight is 347 g/mol. The van der Waals surface area contributed by atoms with Gasteiger partial charge in [0.15, 0.2) is 0 Å². The number of nitrogens with zero attached hydrogens (tertiary/aromatic N) is 1. The van der Waals surface area contributed by atoms with Gasteiger partial charge in [-0.3, -0.25) is 10.1 Å². The van der Waals surface area contributed by atoms with E-state index in [1.54, 1.807) is 6.92 Å². The molecule has 1 saturated carbocycles. The van der Waals surface area contributed by atoms with Crippen molar-refractivity contribution in [2.75, 3.05) is 11.6 Å². The third kappa shape index (κ3) is 3.89. The van der Waals surface area contributed by atoms with E-state index in [1.165, 1.54) is 18.4 Å². The lowest BCUT2D eigenvalue weighted by molar-refractivity contribution is -0.384. The number of nitrogens with one attached hydrogen (secondary N) is 1. The van der Waals surface area contributed by atoms with Crippen molar-refractivity contribution in [3.05, 3.63) is 32.8 Å². The molecule has 0 heterocycles. The van der Waals surface area contributed by atoms with Crippen LogP contribution in [-0.2, 0) is 9.84 Å². The van der Waals surface area contributed by atoms with Crippen molar-refractivity contribution >= 4 is 32.8 Å². The molecule has 0 aromatic heterocycles. The van der Waals surface area contributed by atoms with Crippen molar-refractivity contribution in [1.29, 1.82) is 0 Å². The number of benzene rings is 1. The first-order chi connectivity index (χ1) is 10.2. The Morgan fingerprint density at radius 3 is 2.32 bits per heavy atom. The third-order valence-corrected chi connectivity index (χ3v) is 6.09. The molecule has 22 heavy (non-hydrogen) atoms. The van der Waals surface area contributed by atoms with Gasteiger partial charge in [-0.25, -0.2) is 8.42 Å². The zero-order chi connectivity index (χ0) is 16.5. The Morgan fingerprint density at radius 2 is 1.86 bits per heavy atom. The Balaban J connectivity index is 2.08. The van der Waals surface area contributed by atoms with Gasteiger partial charge in [0.1, 0.15) is 9.84 Å². The van der Waals surface area contributed by atoms with Gasteiger partial charge in [0, 0.05) is 24.4 Å². The predicted octanol–water partition coefficient (Wildman–Crippen LogP) is 3.32. The number of aryl methyl sites for hydroxylation is 1. The second kappa shape index (κ2) is 6.42. The second-order valence-corrected chi connectivity index (χ2v) is 8.56. The van der Waals surface area contributed by atoms with Crippen molar-refractivity contribution in [3.8, 4) is 0 Å². The summed E-state index contributed by atoms with van der Waals surface area (Å²) < 4.78 is 23.1. The minimum Gasteiger partial charge on any atom is -0.381 e. The first-order valence-corrected chi connectivity index (χ1v) is 9.41. The van der Waals surface area contributed by atoms with Crippen molar-refractivity contribution < 1.29 is 13.3 Å². The highest BCUT2D eigenvalue weighted by Gasteiger charge is 2.28. The first-order valence-electron chi connectivity index (χ1n) is 7.08. The van der Waals surface area contributed by atoms with Crippen LogP contribution < -0.4 is 5.32 Å². The van der Waals surface area contributed by atoms with Gasteiger partial charge >= 0.3 is 0 Å². The molecule has 0 aliphatic heterocycles. The molecule has 1 fully saturated rings. The molecule has 0 unspecified atom stereocenters. The van der Waals surface area contributed by atoms with E-state index in [1.807, 2.05) is 0 Å². The molecule has 8 heteroatoms. The van der Waals surface area contributed by atoms with E-state index < -0.39 is 14.8 Å². The SMILES string of the molecule is Cc1cc([N+](=O)[O-])cc(Cl)c1NC1CCC(S(C)(=O)=O)CC1. The lowest BCUT2D eigenvalue weighted by Crippen LogP contribution is -2.32. The van der Waals surface area contributed by atoms with Crippen molar-refractivity contribution in [2.24, 2.45) is 0 Å². The summed E-state index contributed by atoms with van der Waals surface area (Å²) in [5.41, 5.74) is 1.37. The largest absolute Gasteiger partial charge is 0.381 e. The Kier molecular flexibility index (Phi) is 4.97. The Bertz CT molecular complexity index is 659. The van der Waals surface area contributed by atoms with Crippen LogP contribution in [0.2, 0.25) is 5.02 Å². The number of non-ortho nitro benzene ring substituents is 1. The van der Waals surface area contributed by atoms with E-state index in [9.17, 15) is 18.5 Å². The lowest BCUT2D eigenvalue weighted by atomic mass is 9.94. The number of halogens is 1. The van der Waals surface area contributed by atoms with Crippen LogP contribution >= 0.6 is 11.6 Å². The van der Waals surface area contributed by atoms with E-state index >= 15 is 0 Å². The number of sulfone groups is 1. The molecule has 0 saturated heterocycles. The predicted molar refractivity (Wildman–Crippen MR) is 87.4 cm³/mol. The maximum atomic E-state index is 11.6. The van der Waals surface area contributed by atoms with E-state index in [0.29, 0.717) is 29.1 Å². The van der Waals surface area contributed by atoms with Gasteiger partial charge in [0.25, 0.3) is 5.69 Å². The number of hydrogen-bond acceptors (Lipinski definition) is 5. The quantitative estimate of drug-likeness (QED) is 0.667. The fraction of sp³-hybridized carbons (Fsp3) is 0.571. The second-order valence-electron chi connectivity index (χ2n) is 5.82. The molecule has 1 aliphatic rings. The van der Waals surface area contributed by atoms with Gasteiger partial charge < -0.3 is 5.32 Å². The highest BCUT2D eigenvalue weighted by atomic mass is 35.5. The van der Waals surface area contributed by atoms with Crippen LogP contribution in [-0.4, -0.2) is 30.9 Å². The van der Waals surface area contributed by atoms with Gasteiger partial charge in [-0.2, -0.15) is 0 Å². The zero-order valence-corrected chi connectivity index (χ0v) is 14.1. The van der Waals surface area contributed by atoms with Crippen LogP contribution in [0.25, 0.3) is 0 Å². The molecule has 0 amide bonds. The van der Waals surface area contributed by atoms with Crippen LogP contribution in [0.3, 0.4) is 0 Å². The molecule has 0 spiro atoms. The van der Waals surface area contributed by atoms with E-state index in [2.05, 4.69) is 5.32 Å². The molecule has 1 aliphatic carbocycles. The molecule has 1 aromatic rings. The molecule has 0 atom stereocenters. The topological polar surface area (TPSA) is 89.3 Å². The maximum Gasteiger partial charge on any atom is 0.271 e. The highest BCUT2D eigenvalue weighted by Crippen LogP contribution is 2.33. The van der Waals surface area contributed by atoms with E-state index in [0.717, 1.165) is 12.8 Å².